The Morgan fingerprint density at radius 3 is 2.83 bits per heavy atom. The Hall–Kier alpha value is -3.09. The van der Waals surface area contributed by atoms with Crippen LogP contribution in [0.25, 0.3) is 33.1 Å². The number of pyridine rings is 1. The van der Waals surface area contributed by atoms with Gasteiger partial charge in [-0.1, -0.05) is 24.3 Å². The monoisotopic (exact) mass is 389 g/mol. The van der Waals surface area contributed by atoms with E-state index < -0.39 is 0 Å². The largest absolute Gasteiger partial charge is 0.494 e. The Kier molecular flexibility index (Phi) is 4.79. The summed E-state index contributed by atoms with van der Waals surface area (Å²) in [4.78, 5) is 10.1. The number of para-hydroxylation sites is 1. The number of ether oxygens (including phenoxy) is 2. The van der Waals surface area contributed by atoms with Crippen molar-refractivity contribution in [1.29, 1.82) is 0 Å². The Labute approximate surface area is 168 Å². The van der Waals surface area contributed by atoms with Gasteiger partial charge in [-0.15, -0.1) is 0 Å². The molecule has 0 unspecified atom stereocenters. The molecule has 6 nitrogen and oxygen atoms in total. The molecule has 29 heavy (non-hydrogen) atoms. The lowest BCUT2D eigenvalue weighted by Crippen LogP contribution is -2.38. The molecule has 5 rings (SSSR count). The second kappa shape index (κ2) is 7.73. The average Bonchev–Trinajstić information content (AvgIpc) is 3.10. The number of nitrogens with zero attached hydrogens (tertiary/aromatic N) is 2. The van der Waals surface area contributed by atoms with Crippen LogP contribution in [0, 0.1) is 0 Å². The van der Waals surface area contributed by atoms with Crippen LogP contribution in [0.4, 0.5) is 0 Å². The van der Waals surface area contributed by atoms with E-state index in [0.29, 0.717) is 6.61 Å². The highest BCUT2D eigenvalue weighted by molar-refractivity contribution is 5.99. The van der Waals surface area contributed by atoms with Crippen molar-refractivity contribution in [3.8, 4) is 22.9 Å². The molecule has 1 aliphatic heterocycles. The van der Waals surface area contributed by atoms with Crippen LogP contribution in [0.3, 0.4) is 0 Å². The van der Waals surface area contributed by atoms with E-state index in [-0.39, 0.29) is 5.88 Å². The molecule has 4 aromatic rings. The molecule has 0 atom stereocenters. The van der Waals surface area contributed by atoms with Crippen LogP contribution >= 0.6 is 0 Å². The van der Waals surface area contributed by atoms with Crippen LogP contribution in [-0.2, 0) is 4.74 Å². The van der Waals surface area contributed by atoms with E-state index in [1.165, 1.54) is 0 Å². The minimum absolute atomic E-state index is 0.140. The standard InChI is InChI=1S/C23H23N3O3/c27-23-22(18-3-1-2-4-20(18)25-23)21-7-5-16-15-17(6-8-19(16)24-21)29-14-11-26-9-12-28-13-10-26/h1-8,15,25,27H,9-14H2. The minimum atomic E-state index is 0.140. The lowest BCUT2D eigenvalue weighted by molar-refractivity contribution is 0.0322. The summed E-state index contributed by atoms with van der Waals surface area (Å²) >= 11 is 0. The minimum Gasteiger partial charge on any atom is -0.494 e. The first kappa shape index (κ1) is 18.0. The summed E-state index contributed by atoms with van der Waals surface area (Å²) in [6.45, 7) is 5.09. The maximum Gasteiger partial charge on any atom is 0.199 e. The zero-order valence-corrected chi connectivity index (χ0v) is 16.1. The average molecular weight is 389 g/mol. The molecule has 1 fully saturated rings. The van der Waals surface area contributed by atoms with E-state index in [0.717, 1.165) is 71.7 Å². The molecule has 1 aliphatic rings. The summed E-state index contributed by atoms with van der Waals surface area (Å²) in [7, 11) is 0. The van der Waals surface area contributed by atoms with E-state index in [9.17, 15) is 5.11 Å². The normalized spacial score (nSPS) is 15.2. The lowest BCUT2D eigenvalue weighted by atomic mass is 10.1. The van der Waals surface area contributed by atoms with Gasteiger partial charge in [0.05, 0.1) is 30.0 Å². The molecule has 0 saturated carbocycles. The van der Waals surface area contributed by atoms with Gasteiger partial charge in [0, 0.05) is 35.9 Å². The van der Waals surface area contributed by atoms with Gasteiger partial charge in [0.2, 0.25) is 0 Å². The molecule has 2 aromatic carbocycles. The van der Waals surface area contributed by atoms with Crippen molar-refractivity contribution in [2.24, 2.45) is 0 Å². The molecule has 0 aliphatic carbocycles. The fourth-order valence-corrected chi connectivity index (χ4v) is 3.84. The fourth-order valence-electron chi connectivity index (χ4n) is 3.84. The second-order valence-electron chi connectivity index (χ2n) is 7.25. The van der Waals surface area contributed by atoms with Crippen molar-refractivity contribution < 1.29 is 14.6 Å². The van der Waals surface area contributed by atoms with Crippen LogP contribution in [0.15, 0.2) is 54.6 Å². The summed E-state index contributed by atoms with van der Waals surface area (Å²) < 4.78 is 11.3. The second-order valence-corrected chi connectivity index (χ2v) is 7.25. The molecule has 2 N–H and O–H groups in total. The van der Waals surface area contributed by atoms with E-state index in [4.69, 9.17) is 14.5 Å². The Balaban J connectivity index is 1.36. The SMILES string of the molecule is Oc1[nH]c2ccccc2c1-c1ccc2cc(OCCN3CCOCC3)ccc2n1. The zero-order valence-electron chi connectivity index (χ0n) is 16.1. The molecule has 0 radical (unpaired) electrons. The number of fused-ring (bicyclic) bond motifs is 2. The summed E-state index contributed by atoms with van der Waals surface area (Å²) in [6.07, 6.45) is 0. The summed E-state index contributed by atoms with van der Waals surface area (Å²) in [5.41, 5.74) is 3.24. The van der Waals surface area contributed by atoms with E-state index >= 15 is 0 Å². The number of morpholine rings is 1. The van der Waals surface area contributed by atoms with Gasteiger partial charge in [0.25, 0.3) is 0 Å². The van der Waals surface area contributed by atoms with Gasteiger partial charge in [-0.3, -0.25) is 4.90 Å². The highest BCUT2D eigenvalue weighted by atomic mass is 16.5. The molecular weight excluding hydrogens is 366 g/mol. The number of hydrogen-bond acceptors (Lipinski definition) is 5. The molecule has 6 heteroatoms. The Morgan fingerprint density at radius 1 is 1.07 bits per heavy atom. The fraction of sp³-hybridized carbons (Fsp3) is 0.261. The van der Waals surface area contributed by atoms with E-state index in [1.807, 2.05) is 54.6 Å². The third-order valence-electron chi connectivity index (χ3n) is 5.38. The number of nitrogens with one attached hydrogen (secondary N) is 1. The maximum atomic E-state index is 10.4. The molecule has 1 saturated heterocycles. The smallest absolute Gasteiger partial charge is 0.199 e. The van der Waals surface area contributed by atoms with Crippen molar-refractivity contribution in [3.63, 3.8) is 0 Å². The number of hydrogen-bond donors (Lipinski definition) is 2. The number of aromatic hydroxyl groups is 1. The Morgan fingerprint density at radius 2 is 1.93 bits per heavy atom. The molecule has 0 spiro atoms. The predicted molar refractivity (Wildman–Crippen MR) is 113 cm³/mol. The first-order chi connectivity index (χ1) is 14.3. The summed E-state index contributed by atoms with van der Waals surface area (Å²) in [5.74, 6) is 0.983. The van der Waals surface area contributed by atoms with Crippen molar-refractivity contribution >= 4 is 21.8 Å². The Bertz CT molecular complexity index is 1150. The van der Waals surface area contributed by atoms with Crippen LogP contribution in [0.1, 0.15) is 0 Å². The van der Waals surface area contributed by atoms with Crippen molar-refractivity contribution in [1.82, 2.24) is 14.9 Å². The van der Waals surface area contributed by atoms with E-state index in [1.54, 1.807) is 0 Å². The van der Waals surface area contributed by atoms with Gasteiger partial charge < -0.3 is 19.6 Å². The maximum absolute atomic E-state index is 10.4. The van der Waals surface area contributed by atoms with Gasteiger partial charge in [-0.05, 0) is 30.3 Å². The number of aromatic nitrogens is 2. The predicted octanol–water partition coefficient (Wildman–Crippen LogP) is 3.80. The number of benzene rings is 2. The third-order valence-corrected chi connectivity index (χ3v) is 5.38. The molecule has 148 valence electrons. The molecule has 2 aromatic heterocycles. The topological polar surface area (TPSA) is 70.6 Å². The molecule has 0 amide bonds. The van der Waals surface area contributed by atoms with Crippen LogP contribution in [0.5, 0.6) is 11.6 Å². The van der Waals surface area contributed by atoms with Crippen LogP contribution < -0.4 is 4.74 Å². The molecular formula is C23H23N3O3. The van der Waals surface area contributed by atoms with Gasteiger partial charge in [-0.2, -0.15) is 0 Å². The summed E-state index contributed by atoms with van der Waals surface area (Å²) in [6, 6.07) is 17.7. The highest BCUT2D eigenvalue weighted by Gasteiger charge is 2.14. The number of H-pyrrole nitrogens is 1. The molecule has 0 bridgehead atoms. The van der Waals surface area contributed by atoms with E-state index in [2.05, 4.69) is 9.88 Å². The quantitative estimate of drug-likeness (QED) is 0.543. The van der Waals surface area contributed by atoms with Crippen molar-refractivity contribution in [3.05, 3.63) is 54.6 Å². The van der Waals surface area contributed by atoms with Crippen LogP contribution in [-0.4, -0.2) is 59.4 Å². The molecule has 3 heterocycles. The highest BCUT2D eigenvalue weighted by Crippen LogP contribution is 2.36. The number of rotatable bonds is 5. The van der Waals surface area contributed by atoms with Gasteiger partial charge >= 0.3 is 0 Å². The van der Waals surface area contributed by atoms with Gasteiger partial charge in [0.1, 0.15) is 12.4 Å². The van der Waals surface area contributed by atoms with Gasteiger partial charge in [0.15, 0.2) is 5.88 Å². The third kappa shape index (κ3) is 3.64. The van der Waals surface area contributed by atoms with Crippen LogP contribution in [0.2, 0.25) is 0 Å². The number of aromatic amines is 1. The van der Waals surface area contributed by atoms with Gasteiger partial charge in [-0.25, -0.2) is 4.98 Å². The first-order valence-electron chi connectivity index (χ1n) is 9.92. The van der Waals surface area contributed by atoms with Crippen molar-refractivity contribution in [2.75, 3.05) is 39.5 Å². The first-order valence-corrected chi connectivity index (χ1v) is 9.92. The lowest BCUT2D eigenvalue weighted by Gasteiger charge is -2.26. The zero-order chi connectivity index (χ0) is 19.6. The summed E-state index contributed by atoms with van der Waals surface area (Å²) in [5, 5.41) is 12.4. The van der Waals surface area contributed by atoms with Crippen molar-refractivity contribution in [2.45, 2.75) is 0 Å².